The predicted molar refractivity (Wildman–Crippen MR) is 81.4 cm³/mol. The Kier molecular flexibility index (Phi) is 3.42. The fourth-order valence-corrected chi connectivity index (χ4v) is 2.38. The van der Waals surface area contributed by atoms with Crippen molar-refractivity contribution < 1.29 is 4.39 Å². The Hall–Kier alpha value is -2.28. The summed E-state index contributed by atoms with van der Waals surface area (Å²) in [6.45, 7) is 1.90. The van der Waals surface area contributed by atoms with Gasteiger partial charge in [0.15, 0.2) is 5.82 Å². The van der Waals surface area contributed by atoms with E-state index in [1.54, 1.807) is 18.2 Å². The molecule has 0 atom stereocenters. The number of halogens is 2. The van der Waals surface area contributed by atoms with Crippen LogP contribution in [0.5, 0.6) is 0 Å². The van der Waals surface area contributed by atoms with Crippen molar-refractivity contribution >= 4 is 21.6 Å². The molecule has 0 unspecified atom stereocenters. The van der Waals surface area contributed by atoms with Gasteiger partial charge in [-0.3, -0.25) is 0 Å². The molecule has 0 fully saturated rings. The molecule has 1 aromatic heterocycles. The summed E-state index contributed by atoms with van der Waals surface area (Å²) in [5.41, 5.74) is 8.49. The Morgan fingerprint density at radius 3 is 2.81 bits per heavy atom. The summed E-state index contributed by atoms with van der Waals surface area (Å²) < 4.78 is 16.1. The minimum atomic E-state index is -0.427. The first-order valence-corrected chi connectivity index (χ1v) is 6.96. The lowest BCUT2D eigenvalue weighted by molar-refractivity contribution is 0.607. The normalized spacial score (nSPS) is 10.8. The third-order valence-corrected chi connectivity index (χ3v) is 3.67. The van der Waals surface area contributed by atoms with E-state index in [1.165, 1.54) is 10.7 Å². The maximum atomic E-state index is 14.1. The number of nitrogen functional groups attached to an aromatic ring is 1. The van der Waals surface area contributed by atoms with Crippen molar-refractivity contribution in [2.45, 2.75) is 6.92 Å². The number of para-hydroxylation sites is 1. The standard InChI is InChI=1S/C14H11BrFN5/c1-8-3-2-4-10(13(8)17)14-18-19-20-21(14)12-6-5-9(15)7-11(12)16/h2-7H,17H2,1H3. The van der Waals surface area contributed by atoms with Crippen molar-refractivity contribution in [1.82, 2.24) is 20.2 Å². The number of tetrazole rings is 1. The zero-order chi connectivity index (χ0) is 15.0. The molecule has 5 nitrogen and oxygen atoms in total. The Bertz CT molecular complexity index is 815. The van der Waals surface area contributed by atoms with Crippen LogP contribution in [0.1, 0.15) is 5.56 Å². The van der Waals surface area contributed by atoms with Crippen LogP contribution < -0.4 is 5.73 Å². The molecule has 1 heterocycles. The van der Waals surface area contributed by atoms with Crippen LogP contribution in [-0.4, -0.2) is 20.2 Å². The minimum Gasteiger partial charge on any atom is -0.398 e. The lowest BCUT2D eigenvalue weighted by Gasteiger charge is -2.09. The molecule has 21 heavy (non-hydrogen) atoms. The number of hydrogen-bond acceptors (Lipinski definition) is 4. The Morgan fingerprint density at radius 1 is 1.24 bits per heavy atom. The number of anilines is 1. The van der Waals surface area contributed by atoms with Crippen molar-refractivity contribution in [2.24, 2.45) is 0 Å². The SMILES string of the molecule is Cc1cccc(-c2nnnn2-c2ccc(Br)cc2F)c1N. The molecule has 3 aromatic rings. The molecular formula is C14H11BrFN5. The highest BCUT2D eigenvalue weighted by Crippen LogP contribution is 2.28. The average molecular weight is 348 g/mol. The van der Waals surface area contributed by atoms with Crippen LogP contribution in [0.4, 0.5) is 10.1 Å². The van der Waals surface area contributed by atoms with E-state index in [-0.39, 0.29) is 5.69 Å². The van der Waals surface area contributed by atoms with E-state index < -0.39 is 5.82 Å². The topological polar surface area (TPSA) is 69.6 Å². The summed E-state index contributed by atoms with van der Waals surface area (Å²) in [4.78, 5) is 0. The summed E-state index contributed by atoms with van der Waals surface area (Å²) in [5, 5.41) is 11.5. The molecule has 0 aliphatic carbocycles. The lowest BCUT2D eigenvalue weighted by atomic mass is 10.1. The largest absolute Gasteiger partial charge is 0.398 e. The van der Waals surface area contributed by atoms with Gasteiger partial charge in [-0.05, 0) is 47.2 Å². The van der Waals surface area contributed by atoms with Gasteiger partial charge in [0, 0.05) is 15.7 Å². The van der Waals surface area contributed by atoms with Crippen LogP contribution in [0.15, 0.2) is 40.9 Å². The molecule has 0 saturated heterocycles. The van der Waals surface area contributed by atoms with Gasteiger partial charge in [-0.2, -0.15) is 4.68 Å². The molecule has 0 bridgehead atoms. The highest BCUT2D eigenvalue weighted by molar-refractivity contribution is 9.10. The first kappa shape index (κ1) is 13.7. The van der Waals surface area contributed by atoms with E-state index in [4.69, 9.17) is 5.73 Å². The van der Waals surface area contributed by atoms with Crippen molar-refractivity contribution in [2.75, 3.05) is 5.73 Å². The highest BCUT2D eigenvalue weighted by Gasteiger charge is 2.16. The lowest BCUT2D eigenvalue weighted by Crippen LogP contribution is -2.04. The summed E-state index contributed by atoms with van der Waals surface area (Å²) in [6.07, 6.45) is 0. The highest BCUT2D eigenvalue weighted by atomic mass is 79.9. The van der Waals surface area contributed by atoms with Crippen LogP contribution in [-0.2, 0) is 0 Å². The molecule has 0 amide bonds. The van der Waals surface area contributed by atoms with Gasteiger partial charge in [0.2, 0.25) is 0 Å². The van der Waals surface area contributed by atoms with E-state index in [9.17, 15) is 4.39 Å². The molecule has 0 aliphatic rings. The molecule has 0 spiro atoms. The molecular weight excluding hydrogens is 337 g/mol. The van der Waals surface area contributed by atoms with Crippen molar-refractivity contribution in [3.8, 4) is 17.1 Å². The first-order valence-electron chi connectivity index (χ1n) is 6.17. The predicted octanol–water partition coefficient (Wildman–Crippen LogP) is 3.12. The van der Waals surface area contributed by atoms with Gasteiger partial charge in [-0.1, -0.05) is 28.1 Å². The zero-order valence-electron chi connectivity index (χ0n) is 11.1. The average Bonchev–Trinajstić information content (AvgIpc) is 2.91. The smallest absolute Gasteiger partial charge is 0.189 e. The van der Waals surface area contributed by atoms with Crippen LogP contribution in [0.25, 0.3) is 17.1 Å². The number of rotatable bonds is 2. The minimum absolute atomic E-state index is 0.263. The van der Waals surface area contributed by atoms with Gasteiger partial charge in [-0.15, -0.1) is 5.10 Å². The maximum Gasteiger partial charge on any atom is 0.189 e. The van der Waals surface area contributed by atoms with Gasteiger partial charge >= 0.3 is 0 Å². The molecule has 106 valence electrons. The van der Waals surface area contributed by atoms with E-state index >= 15 is 0 Å². The quantitative estimate of drug-likeness (QED) is 0.723. The summed E-state index contributed by atoms with van der Waals surface area (Å²) in [5.74, 6) is -0.0263. The van der Waals surface area contributed by atoms with Gasteiger partial charge in [0.1, 0.15) is 11.5 Å². The van der Waals surface area contributed by atoms with E-state index in [0.717, 1.165) is 5.56 Å². The zero-order valence-corrected chi connectivity index (χ0v) is 12.7. The molecule has 3 rings (SSSR count). The maximum absolute atomic E-state index is 14.1. The van der Waals surface area contributed by atoms with Gasteiger partial charge < -0.3 is 5.73 Å². The summed E-state index contributed by atoms with van der Waals surface area (Å²) >= 11 is 3.22. The van der Waals surface area contributed by atoms with Gasteiger partial charge in [-0.25, -0.2) is 4.39 Å². The summed E-state index contributed by atoms with van der Waals surface area (Å²) in [6, 6.07) is 10.3. The molecule has 2 N–H and O–H groups in total. The Morgan fingerprint density at radius 2 is 2.05 bits per heavy atom. The third-order valence-electron chi connectivity index (χ3n) is 3.17. The second-order valence-corrected chi connectivity index (χ2v) is 5.46. The fourth-order valence-electron chi connectivity index (χ4n) is 2.05. The molecule has 7 heteroatoms. The van der Waals surface area contributed by atoms with Gasteiger partial charge in [0.25, 0.3) is 0 Å². The van der Waals surface area contributed by atoms with Crippen LogP contribution in [0.3, 0.4) is 0 Å². The number of hydrogen-bond donors (Lipinski definition) is 1. The van der Waals surface area contributed by atoms with Crippen LogP contribution in [0, 0.1) is 12.7 Å². The number of nitrogens with two attached hydrogens (primary N) is 1. The molecule has 0 saturated carbocycles. The monoisotopic (exact) mass is 347 g/mol. The molecule has 0 radical (unpaired) electrons. The second-order valence-electron chi connectivity index (χ2n) is 4.55. The number of nitrogens with zero attached hydrogens (tertiary/aromatic N) is 4. The van der Waals surface area contributed by atoms with Gasteiger partial charge in [0.05, 0.1) is 0 Å². The van der Waals surface area contributed by atoms with Crippen molar-refractivity contribution in [3.05, 3.63) is 52.3 Å². The summed E-state index contributed by atoms with van der Waals surface area (Å²) in [7, 11) is 0. The Labute approximate surface area is 128 Å². The number of benzene rings is 2. The van der Waals surface area contributed by atoms with E-state index in [2.05, 4.69) is 31.5 Å². The second kappa shape index (κ2) is 5.25. The van der Waals surface area contributed by atoms with Crippen LogP contribution >= 0.6 is 15.9 Å². The fraction of sp³-hybridized carbons (Fsp3) is 0.0714. The van der Waals surface area contributed by atoms with Crippen molar-refractivity contribution in [3.63, 3.8) is 0 Å². The number of aryl methyl sites for hydroxylation is 1. The van der Waals surface area contributed by atoms with Crippen molar-refractivity contribution in [1.29, 1.82) is 0 Å². The molecule has 2 aromatic carbocycles. The molecule has 0 aliphatic heterocycles. The third kappa shape index (κ3) is 2.40. The number of aromatic nitrogens is 4. The van der Waals surface area contributed by atoms with E-state index in [1.807, 2.05) is 19.1 Å². The van der Waals surface area contributed by atoms with Crippen LogP contribution in [0.2, 0.25) is 0 Å². The first-order chi connectivity index (χ1) is 10.1. The Balaban J connectivity index is 2.20. The van der Waals surface area contributed by atoms with E-state index in [0.29, 0.717) is 21.5 Å².